The van der Waals surface area contributed by atoms with Gasteiger partial charge in [0.15, 0.2) is 0 Å². The van der Waals surface area contributed by atoms with E-state index in [1.165, 1.54) is 43.8 Å². The Labute approximate surface area is 164 Å². The number of aromatic amines is 1. The van der Waals surface area contributed by atoms with Crippen molar-refractivity contribution in [1.29, 1.82) is 0 Å². The van der Waals surface area contributed by atoms with Gasteiger partial charge in [0.1, 0.15) is 0 Å². The summed E-state index contributed by atoms with van der Waals surface area (Å²) in [6, 6.07) is 30.1. The van der Waals surface area contributed by atoms with E-state index in [0.29, 0.717) is 0 Å². The van der Waals surface area contributed by atoms with Gasteiger partial charge in [-0.15, -0.1) is 0 Å². The van der Waals surface area contributed by atoms with Crippen molar-refractivity contribution in [1.82, 2.24) is 9.55 Å². The quantitative estimate of drug-likeness (QED) is 0.296. The molecule has 0 bridgehead atoms. The van der Waals surface area contributed by atoms with Gasteiger partial charge in [-0.3, -0.25) is 0 Å². The van der Waals surface area contributed by atoms with Gasteiger partial charge in [0.2, 0.25) is 0 Å². The highest BCUT2D eigenvalue weighted by atomic mass is 79.9. The Hall–Kier alpha value is -3.04. The van der Waals surface area contributed by atoms with Crippen molar-refractivity contribution in [2.45, 2.75) is 0 Å². The molecule has 0 fully saturated rings. The lowest BCUT2D eigenvalue weighted by atomic mass is 10.1. The summed E-state index contributed by atoms with van der Waals surface area (Å²) in [5, 5.41) is 5.12. The van der Waals surface area contributed by atoms with Crippen molar-refractivity contribution in [2.75, 3.05) is 0 Å². The van der Waals surface area contributed by atoms with E-state index in [4.69, 9.17) is 0 Å². The van der Waals surface area contributed by atoms with Crippen LogP contribution in [0.1, 0.15) is 0 Å². The van der Waals surface area contributed by atoms with Gasteiger partial charge in [-0.1, -0.05) is 52.3 Å². The third-order valence-electron chi connectivity index (χ3n) is 5.37. The van der Waals surface area contributed by atoms with Crippen LogP contribution in [0, 0.1) is 0 Å². The second-order valence-electron chi connectivity index (χ2n) is 6.89. The molecule has 0 atom stereocenters. The number of H-pyrrole nitrogens is 1. The van der Waals surface area contributed by atoms with E-state index in [1.54, 1.807) is 0 Å². The molecule has 0 saturated carbocycles. The Bertz CT molecular complexity index is 1470. The average Bonchev–Trinajstić information content (AvgIpc) is 3.23. The van der Waals surface area contributed by atoms with Gasteiger partial charge in [-0.05, 0) is 48.5 Å². The smallest absolute Gasteiger partial charge is 0.0548 e. The molecule has 0 spiro atoms. The van der Waals surface area contributed by atoms with E-state index >= 15 is 0 Å². The fourth-order valence-electron chi connectivity index (χ4n) is 4.28. The topological polar surface area (TPSA) is 20.7 Å². The molecule has 0 aliphatic rings. The number of fused-ring (bicyclic) bond motifs is 7. The van der Waals surface area contributed by atoms with Crippen molar-refractivity contribution < 1.29 is 0 Å². The standard InChI is InChI=1S/C24H15BrN2/c25-15-10-11-19-18(14-15)23-20(26-19)12-13-22-24(23)17-8-4-5-9-21(17)27(22)16-6-2-1-3-7-16/h1-14,26H. The number of para-hydroxylation sites is 2. The van der Waals surface area contributed by atoms with Gasteiger partial charge in [0, 0.05) is 42.7 Å². The number of nitrogens with zero attached hydrogens (tertiary/aromatic N) is 1. The molecule has 128 valence electrons. The van der Waals surface area contributed by atoms with Gasteiger partial charge in [-0.2, -0.15) is 0 Å². The molecule has 6 rings (SSSR count). The summed E-state index contributed by atoms with van der Waals surface area (Å²) in [5.74, 6) is 0. The monoisotopic (exact) mass is 410 g/mol. The predicted molar refractivity (Wildman–Crippen MR) is 118 cm³/mol. The molecule has 0 aliphatic carbocycles. The number of halogens is 1. The van der Waals surface area contributed by atoms with E-state index in [0.717, 1.165) is 9.99 Å². The van der Waals surface area contributed by atoms with Gasteiger partial charge in [0.05, 0.1) is 11.0 Å². The van der Waals surface area contributed by atoms with Gasteiger partial charge < -0.3 is 9.55 Å². The summed E-state index contributed by atoms with van der Waals surface area (Å²) >= 11 is 3.64. The summed E-state index contributed by atoms with van der Waals surface area (Å²) in [5.41, 5.74) is 5.99. The maximum atomic E-state index is 3.64. The van der Waals surface area contributed by atoms with Crippen LogP contribution in [0.2, 0.25) is 0 Å². The first-order chi connectivity index (χ1) is 13.3. The van der Waals surface area contributed by atoms with Crippen LogP contribution in [0.15, 0.2) is 89.4 Å². The molecule has 27 heavy (non-hydrogen) atoms. The first-order valence-electron chi connectivity index (χ1n) is 9.00. The van der Waals surface area contributed by atoms with Crippen LogP contribution in [0.4, 0.5) is 0 Å². The van der Waals surface area contributed by atoms with Crippen molar-refractivity contribution in [3.05, 3.63) is 89.4 Å². The van der Waals surface area contributed by atoms with E-state index in [9.17, 15) is 0 Å². The molecule has 2 heterocycles. The van der Waals surface area contributed by atoms with E-state index in [2.05, 4.69) is 110 Å². The third kappa shape index (κ3) is 2.06. The normalized spacial score (nSPS) is 11.9. The van der Waals surface area contributed by atoms with Crippen LogP contribution in [-0.2, 0) is 0 Å². The van der Waals surface area contributed by atoms with E-state index in [-0.39, 0.29) is 0 Å². The zero-order chi connectivity index (χ0) is 18.0. The Morgan fingerprint density at radius 3 is 2.30 bits per heavy atom. The fraction of sp³-hybridized carbons (Fsp3) is 0. The van der Waals surface area contributed by atoms with E-state index in [1.807, 2.05) is 0 Å². The molecule has 4 aromatic carbocycles. The molecule has 2 nitrogen and oxygen atoms in total. The number of nitrogens with one attached hydrogen (secondary N) is 1. The Morgan fingerprint density at radius 2 is 1.41 bits per heavy atom. The number of rotatable bonds is 1. The minimum Gasteiger partial charge on any atom is -0.354 e. The zero-order valence-electron chi connectivity index (χ0n) is 14.4. The molecule has 6 aromatic rings. The maximum absolute atomic E-state index is 3.64. The van der Waals surface area contributed by atoms with Crippen LogP contribution >= 0.6 is 15.9 Å². The molecular weight excluding hydrogens is 396 g/mol. The first-order valence-corrected chi connectivity index (χ1v) is 9.79. The van der Waals surface area contributed by atoms with Crippen molar-refractivity contribution in [3.8, 4) is 5.69 Å². The molecule has 0 saturated heterocycles. The predicted octanol–water partition coefficient (Wildman–Crippen LogP) is 7.18. The molecule has 0 amide bonds. The molecule has 3 heteroatoms. The van der Waals surface area contributed by atoms with Crippen molar-refractivity contribution in [2.24, 2.45) is 0 Å². The summed E-state index contributed by atoms with van der Waals surface area (Å²) in [4.78, 5) is 3.58. The summed E-state index contributed by atoms with van der Waals surface area (Å²) in [6.07, 6.45) is 0. The van der Waals surface area contributed by atoms with Crippen molar-refractivity contribution >= 4 is 59.5 Å². The second kappa shape index (κ2) is 5.48. The lowest BCUT2D eigenvalue weighted by Crippen LogP contribution is -1.92. The van der Waals surface area contributed by atoms with Gasteiger partial charge in [-0.25, -0.2) is 0 Å². The second-order valence-corrected chi connectivity index (χ2v) is 7.80. The van der Waals surface area contributed by atoms with Gasteiger partial charge >= 0.3 is 0 Å². The van der Waals surface area contributed by atoms with Gasteiger partial charge in [0.25, 0.3) is 0 Å². The minimum absolute atomic E-state index is 1.10. The minimum atomic E-state index is 1.10. The summed E-state index contributed by atoms with van der Waals surface area (Å²) in [6.45, 7) is 0. The molecule has 2 aromatic heterocycles. The van der Waals surface area contributed by atoms with Crippen LogP contribution in [0.3, 0.4) is 0 Å². The van der Waals surface area contributed by atoms with Crippen LogP contribution < -0.4 is 0 Å². The molecule has 0 radical (unpaired) electrons. The zero-order valence-corrected chi connectivity index (χ0v) is 16.0. The number of benzene rings is 4. The van der Waals surface area contributed by atoms with Crippen LogP contribution in [0.25, 0.3) is 49.3 Å². The Morgan fingerprint density at radius 1 is 0.630 bits per heavy atom. The van der Waals surface area contributed by atoms with Crippen molar-refractivity contribution in [3.63, 3.8) is 0 Å². The number of hydrogen-bond donors (Lipinski definition) is 1. The fourth-order valence-corrected chi connectivity index (χ4v) is 4.64. The first kappa shape index (κ1) is 15.1. The third-order valence-corrected chi connectivity index (χ3v) is 5.87. The number of aromatic nitrogens is 2. The summed E-state index contributed by atoms with van der Waals surface area (Å²) in [7, 11) is 0. The lowest BCUT2D eigenvalue weighted by Gasteiger charge is -2.07. The Kier molecular flexibility index (Phi) is 3.06. The molecule has 0 aliphatic heterocycles. The highest BCUT2D eigenvalue weighted by Gasteiger charge is 2.17. The lowest BCUT2D eigenvalue weighted by molar-refractivity contribution is 1.18. The van der Waals surface area contributed by atoms with E-state index < -0.39 is 0 Å². The summed E-state index contributed by atoms with van der Waals surface area (Å²) < 4.78 is 3.46. The largest absolute Gasteiger partial charge is 0.354 e. The Balaban J connectivity index is 1.91. The molecule has 1 N–H and O–H groups in total. The molecule has 0 unspecified atom stereocenters. The van der Waals surface area contributed by atoms with Crippen LogP contribution in [0.5, 0.6) is 0 Å². The highest BCUT2D eigenvalue weighted by Crippen LogP contribution is 2.40. The van der Waals surface area contributed by atoms with Crippen LogP contribution in [-0.4, -0.2) is 9.55 Å². The number of hydrogen-bond acceptors (Lipinski definition) is 0. The average molecular weight is 411 g/mol. The molecular formula is C24H15BrN2. The highest BCUT2D eigenvalue weighted by molar-refractivity contribution is 9.10. The maximum Gasteiger partial charge on any atom is 0.0548 e. The SMILES string of the molecule is Brc1ccc2[nH]c3ccc4c(c5ccccc5n4-c4ccccc4)c3c2c1.